The lowest BCUT2D eigenvalue weighted by molar-refractivity contribution is 0.0726. The molecule has 1 unspecified atom stereocenters. The molecule has 1 aliphatic heterocycles. The van der Waals surface area contributed by atoms with Gasteiger partial charge in [0.1, 0.15) is 6.26 Å². The van der Waals surface area contributed by atoms with Crippen molar-refractivity contribution >= 4 is 5.91 Å². The van der Waals surface area contributed by atoms with Gasteiger partial charge in [0.25, 0.3) is 5.91 Å². The number of rotatable bonds is 4. The number of aryl methyl sites for hydroxylation is 1. The van der Waals surface area contributed by atoms with E-state index >= 15 is 0 Å². The Bertz CT molecular complexity index is 697. The second-order valence-corrected chi connectivity index (χ2v) is 6.08. The summed E-state index contributed by atoms with van der Waals surface area (Å²) in [6.45, 7) is 3.16. The van der Waals surface area contributed by atoms with Crippen molar-refractivity contribution in [2.24, 2.45) is 0 Å². The number of carbonyl (C=O) groups excluding carboxylic acids is 1. The van der Waals surface area contributed by atoms with Crippen molar-refractivity contribution in [2.75, 3.05) is 20.6 Å². The summed E-state index contributed by atoms with van der Waals surface area (Å²) < 4.78 is 5.16. The number of carbonyl (C=O) groups is 1. The summed E-state index contributed by atoms with van der Waals surface area (Å²) in [7, 11) is 3.99. The van der Waals surface area contributed by atoms with Gasteiger partial charge in [-0.25, -0.2) is 4.98 Å². The van der Waals surface area contributed by atoms with Crippen molar-refractivity contribution < 1.29 is 9.21 Å². The van der Waals surface area contributed by atoms with Gasteiger partial charge in [0.15, 0.2) is 11.6 Å². The average Bonchev–Trinajstić information content (AvgIpc) is 3.15. The molecule has 2 aromatic heterocycles. The van der Waals surface area contributed by atoms with Crippen molar-refractivity contribution in [1.82, 2.24) is 24.8 Å². The van der Waals surface area contributed by atoms with E-state index in [-0.39, 0.29) is 11.9 Å². The van der Waals surface area contributed by atoms with Gasteiger partial charge in [0.2, 0.25) is 0 Å². The van der Waals surface area contributed by atoms with E-state index in [1.165, 1.54) is 6.26 Å². The lowest BCUT2D eigenvalue weighted by Crippen LogP contribution is -2.31. The highest BCUT2D eigenvalue weighted by Gasteiger charge is 2.33. The summed E-state index contributed by atoms with van der Waals surface area (Å²) in [5.41, 5.74) is 2.10. The molecule has 0 spiro atoms. The van der Waals surface area contributed by atoms with Crippen LogP contribution in [-0.4, -0.2) is 51.3 Å². The molecule has 0 N–H and O–H groups in total. The van der Waals surface area contributed by atoms with Crippen LogP contribution in [0.15, 0.2) is 23.1 Å². The van der Waals surface area contributed by atoms with Crippen LogP contribution >= 0.6 is 0 Å². The molecule has 0 bridgehead atoms. The Balaban J connectivity index is 1.82. The zero-order chi connectivity index (χ0) is 16.4. The third-order valence-corrected chi connectivity index (χ3v) is 3.87. The van der Waals surface area contributed by atoms with E-state index in [0.717, 1.165) is 30.8 Å². The van der Waals surface area contributed by atoms with Gasteiger partial charge in [-0.15, -0.1) is 0 Å². The van der Waals surface area contributed by atoms with Crippen LogP contribution in [0.25, 0.3) is 0 Å². The van der Waals surface area contributed by atoms with Gasteiger partial charge in [-0.3, -0.25) is 14.8 Å². The molecule has 0 aromatic carbocycles. The number of hydrogen-bond donors (Lipinski definition) is 0. The molecule has 1 aliphatic rings. The van der Waals surface area contributed by atoms with Gasteiger partial charge < -0.3 is 14.2 Å². The lowest BCUT2D eigenvalue weighted by Gasteiger charge is -2.23. The summed E-state index contributed by atoms with van der Waals surface area (Å²) in [4.78, 5) is 29.6. The number of amides is 1. The van der Waals surface area contributed by atoms with Crippen LogP contribution in [0.1, 0.15) is 46.7 Å². The van der Waals surface area contributed by atoms with Crippen LogP contribution in [-0.2, 0) is 6.54 Å². The zero-order valence-electron chi connectivity index (χ0n) is 13.7. The maximum absolute atomic E-state index is 12.7. The summed E-state index contributed by atoms with van der Waals surface area (Å²) in [6, 6.07) is -0.0471. The fourth-order valence-corrected chi connectivity index (χ4v) is 2.91. The fourth-order valence-electron chi connectivity index (χ4n) is 2.91. The van der Waals surface area contributed by atoms with E-state index in [0.29, 0.717) is 18.1 Å². The predicted molar refractivity (Wildman–Crippen MR) is 83.7 cm³/mol. The largest absolute Gasteiger partial charge is 0.448 e. The normalized spacial score (nSPS) is 17.9. The second-order valence-electron chi connectivity index (χ2n) is 6.08. The first-order valence-electron chi connectivity index (χ1n) is 7.73. The molecule has 0 aliphatic carbocycles. The molecule has 3 heterocycles. The highest BCUT2D eigenvalue weighted by atomic mass is 16.3. The minimum Gasteiger partial charge on any atom is -0.448 e. The topological polar surface area (TPSA) is 75.4 Å². The zero-order valence-corrected chi connectivity index (χ0v) is 13.7. The number of likely N-dealkylation sites (tertiary alicyclic amines) is 1. The fraction of sp³-hybridized carbons (Fsp3) is 0.500. The van der Waals surface area contributed by atoms with Crippen LogP contribution < -0.4 is 0 Å². The first kappa shape index (κ1) is 15.6. The van der Waals surface area contributed by atoms with Gasteiger partial charge in [-0.1, -0.05) is 0 Å². The molecule has 3 rings (SSSR count). The first-order valence-corrected chi connectivity index (χ1v) is 7.73. The molecule has 0 saturated carbocycles. The molecule has 2 aromatic rings. The summed E-state index contributed by atoms with van der Waals surface area (Å²) in [6.07, 6.45) is 6.78. The Hall–Kier alpha value is -2.28. The molecule has 1 atom stereocenters. The standard InChI is InChI=1S/C16H21N5O2/c1-11-18-14(10-23-11)16(22)21-6-4-5-15(21)13-8-17-7-12(19-13)9-20(2)3/h7-8,10,15H,4-6,9H2,1-3H3. The molecule has 0 radical (unpaired) electrons. The van der Waals surface area contributed by atoms with Crippen molar-refractivity contribution in [3.63, 3.8) is 0 Å². The van der Waals surface area contributed by atoms with E-state index < -0.39 is 0 Å². The van der Waals surface area contributed by atoms with E-state index in [2.05, 4.69) is 15.0 Å². The predicted octanol–water partition coefficient (Wildman–Crippen LogP) is 1.81. The Morgan fingerprint density at radius 2 is 2.22 bits per heavy atom. The lowest BCUT2D eigenvalue weighted by atomic mass is 10.1. The summed E-state index contributed by atoms with van der Waals surface area (Å²) >= 11 is 0. The second kappa shape index (κ2) is 6.45. The summed E-state index contributed by atoms with van der Waals surface area (Å²) in [5, 5.41) is 0. The van der Waals surface area contributed by atoms with Crippen molar-refractivity contribution in [2.45, 2.75) is 32.4 Å². The van der Waals surface area contributed by atoms with Gasteiger partial charge in [-0.05, 0) is 26.9 Å². The van der Waals surface area contributed by atoms with Crippen molar-refractivity contribution in [1.29, 1.82) is 0 Å². The highest BCUT2D eigenvalue weighted by molar-refractivity contribution is 5.92. The maximum atomic E-state index is 12.7. The smallest absolute Gasteiger partial charge is 0.276 e. The van der Waals surface area contributed by atoms with Gasteiger partial charge in [-0.2, -0.15) is 0 Å². The van der Waals surface area contributed by atoms with Gasteiger partial charge >= 0.3 is 0 Å². The Labute approximate surface area is 135 Å². The first-order chi connectivity index (χ1) is 11.0. The summed E-state index contributed by atoms with van der Waals surface area (Å²) in [5.74, 6) is 0.390. The van der Waals surface area contributed by atoms with E-state index in [1.807, 2.05) is 23.9 Å². The monoisotopic (exact) mass is 315 g/mol. The Kier molecular flexibility index (Phi) is 4.38. The Morgan fingerprint density at radius 3 is 2.91 bits per heavy atom. The van der Waals surface area contributed by atoms with Crippen LogP contribution in [0.4, 0.5) is 0 Å². The third-order valence-electron chi connectivity index (χ3n) is 3.87. The third kappa shape index (κ3) is 3.39. The number of nitrogens with zero attached hydrogens (tertiary/aromatic N) is 5. The molecule has 1 amide bonds. The quantitative estimate of drug-likeness (QED) is 0.856. The maximum Gasteiger partial charge on any atom is 0.276 e. The number of aromatic nitrogens is 3. The van der Waals surface area contributed by atoms with E-state index in [4.69, 9.17) is 4.42 Å². The SMILES string of the molecule is Cc1nc(C(=O)N2CCCC2c2cncc(CN(C)C)n2)co1. The number of oxazole rings is 1. The van der Waals surface area contributed by atoms with Gasteiger partial charge in [0.05, 0.1) is 23.6 Å². The minimum atomic E-state index is -0.107. The highest BCUT2D eigenvalue weighted by Crippen LogP contribution is 2.31. The van der Waals surface area contributed by atoms with Crippen molar-refractivity contribution in [3.05, 3.63) is 41.6 Å². The number of hydrogen-bond acceptors (Lipinski definition) is 6. The molecule has 1 fully saturated rings. The molecule has 7 heteroatoms. The van der Waals surface area contributed by atoms with Crippen LogP contribution in [0.5, 0.6) is 0 Å². The minimum absolute atomic E-state index is 0.0471. The molecular formula is C16H21N5O2. The van der Waals surface area contributed by atoms with Crippen molar-refractivity contribution in [3.8, 4) is 0 Å². The Morgan fingerprint density at radius 1 is 1.39 bits per heavy atom. The van der Waals surface area contributed by atoms with E-state index in [9.17, 15) is 4.79 Å². The molecule has 7 nitrogen and oxygen atoms in total. The van der Waals surface area contributed by atoms with Crippen LogP contribution in [0, 0.1) is 6.92 Å². The molecule has 23 heavy (non-hydrogen) atoms. The van der Waals surface area contributed by atoms with Gasteiger partial charge in [0, 0.05) is 26.2 Å². The molecule has 122 valence electrons. The van der Waals surface area contributed by atoms with Crippen LogP contribution in [0.2, 0.25) is 0 Å². The molecular weight excluding hydrogens is 294 g/mol. The molecule has 1 saturated heterocycles. The van der Waals surface area contributed by atoms with E-state index in [1.54, 1.807) is 19.3 Å². The average molecular weight is 315 g/mol. The van der Waals surface area contributed by atoms with Crippen LogP contribution in [0.3, 0.4) is 0 Å².